The van der Waals surface area contributed by atoms with Crippen LogP contribution in [-0.4, -0.2) is 23.6 Å². The molecular weight excluding hydrogens is 228 g/mol. The number of carbonyl (C=O) groups is 1. The molecule has 0 aliphatic carbocycles. The molecular formula is C11H15ClN2O2. The van der Waals surface area contributed by atoms with Crippen LogP contribution in [-0.2, 0) is 4.79 Å². The van der Waals surface area contributed by atoms with Crippen molar-refractivity contribution in [3.8, 4) is 5.75 Å². The summed E-state index contributed by atoms with van der Waals surface area (Å²) < 4.78 is 0. The molecule has 1 amide bonds. The Balaban J connectivity index is 0.00000128. The standard InChI is InChI=1S/C11H14N2O2.ClH/c14-9-4-1-3-8(7-9)13-11(15)10-5-2-6-12-10;/h1,3-4,7,10,12,14H,2,5-6H2,(H,13,15);1H/t10-;/m0./s1. The van der Waals surface area contributed by atoms with E-state index in [1.54, 1.807) is 18.2 Å². The molecule has 1 aliphatic rings. The molecule has 16 heavy (non-hydrogen) atoms. The van der Waals surface area contributed by atoms with Crippen LogP contribution < -0.4 is 10.6 Å². The van der Waals surface area contributed by atoms with Crippen molar-refractivity contribution in [1.82, 2.24) is 5.32 Å². The van der Waals surface area contributed by atoms with Crippen molar-refractivity contribution in [3.63, 3.8) is 0 Å². The summed E-state index contributed by atoms with van der Waals surface area (Å²) in [5, 5.41) is 15.1. The minimum absolute atomic E-state index is 0. The number of phenolic OH excluding ortho intramolecular Hbond substituents is 1. The Morgan fingerprint density at radius 3 is 2.94 bits per heavy atom. The first-order chi connectivity index (χ1) is 7.25. The number of halogens is 1. The molecule has 4 nitrogen and oxygen atoms in total. The smallest absolute Gasteiger partial charge is 0.241 e. The fourth-order valence-electron chi connectivity index (χ4n) is 1.72. The maximum Gasteiger partial charge on any atom is 0.241 e. The average molecular weight is 243 g/mol. The van der Waals surface area contributed by atoms with Gasteiger partial charge in [0.05, 0.1) is 6.04 Å². The van der Waals surface area contributed by atoms with Gasteiger partial charge in [0.2, 0.25) is 5.91 Å². The summed E-state index contributed by atoms with van der Waals surface area (Å²) in [6.45, 7) is 0.901. The van der Waals surface area contributed by atoms with E-state index in [9.17, 15) is 9.90 Å². The van der Waals surface area contributed by atoms with Gasteiger partial charge in [-0.25, -0.2) is 0 Å². The van der Waals surface area contributed by atoms with Gasteiger partial charge >= 0.3 is 0 Å². The number of phenols is 1. The molecule has 1 atom stereocenters. The SMILES string of the molecule is Cl.O=C(Nc1cccc(O)c1)[C@@H]1CCCN1. The van der Waals surface area contributed by atoms with Crippen LogP contribution in [0.25, 0.3) is 0 Å². The van der Waals surface area contributed by atoms with Crippen molar-refractivity contribution in [1.29, 1.82) is 0 Å². The number of hydrogen-bond donors (Lipinski definition) is 3. The second kappa shape index (κ2) is 5.72. The number of nitrogens with one attached hydrogen (secondary N) is 2. The Hall–Kier alpha value is -1.26. The summed E-state index contributed by atoms with van der Waals surface area (Å²) in [6.07, 6.45) is 1.92. The zero-order chi connectivity index (χ0) is 10.7. The van der Waals surface area contributed by atoms with Gasteiger partial charge in [-0.3, -0.25) is 4.79 Å². The Kier molecular flexibility index (Phi) is 4.58. The zero-order valence-corrected chi connectivity index (χ0v) is 9.59. The van der Waals surface area contributed by atoms with Crippen LogP contribution in [0.5, 0.6) is 5.75 Å². The highest BCUT2D eigenvalue weighted by molar-refractivity contribution is 5.95. The molecule has 1 heterocycles. The molecule has 1 aromatic carbocycles. The molecule has 0 aromatic heterocycles. The van der Waals surface area contributed by atoms with E-state index in [4.69, 9.17) is 0 Å². The second-order valence-corrected chi connectivity index (χ2v) is 3.69. The van der Waals surface area contributed by atoms with Gasteiger partial charge in [0.15, 0.2) is 0 Å². The van der Waals surface area contributed by atoms with Crippen LogP contribution in [0.15, 0.2) is 24.3 Å². The monoisotopic (exact) mass is 242 g/mol. The molecule has 0 unspecified atom stereocenters. The summed E-state index contributed by atoms with van der Waals surface area (Å²) in [5.74, 6) is 0.130. The minimum atomic E-state index is -0.0904. The maximum atomic E-state index is 11.7. The highest BCUT2D eigenvalue weighted by Gasteiger charge is 2.21. The first-order valence-electron chi connectivity index (χ1n) is 5.09. The molecule has 1 aliphatic heterocycles. The maximum absolute atomic E-state index is 11.7. The van der Waals surface area contributed by atoms with Gasteiger partial charge in [-0.1, -0.05) is 6.07 Å². The van der Waals surface area contributed by atoms with Gasteiger partial charge in [-0.2, -0.15) is 0 Å². The third-order valence-corrected chi connectivity index (χ3v) is 2.49. The topological polar surface area (TPSA) is 61.4 Å². The Morgan fingerprint density at radius 1 is 1.50 bits per heavy atom. The van der Waals surface area contributed by atoms with Crippen molar-refractivity contribution in [2.75, 3.05) is 11.9 Å². The predicted octanol–water partition coefficient (Wildman–Crippen LogP) is 1.50. The Labute approximate surface area is 100 Å². The summed E-state index contributed by atoms with van der Waals surface area (Å²) in [6, 6.07) is 6.47. The average Bonchev–Trinajstić information content (AvgIpc) is 2.70. The highest BCUT2D eigenvalue weighted by Crippen LogP contribution is 2.16. The lowest BCUT2D eigenvalue weighted by atomic mass is 10.2. The summed E-state index contributed by atoms with van der Waals surface area (Å²) in [4.78, 5) is 11.7. The van der Waals surface area contributed by atoms with Crippen molar-refractivity contribution >= 4 is 24.0 Å². The van der Waals surface area contributed by atoms with Gasteiger partial charge < -0.3 is 15.7 Å². The molecule has 0 bridgehead atoms. The van der Waals surface area contributed by atoms with Crippen LogP contribution >= 0.6 is 12.4 Å². The number of aromatic hydroxyl groups is 1. The van der Waals surface area contributed by atoms with Crippen molar-refractivity contribution < 1.29 is 9.90 Å². The van der Waals surface area contributed by atoms with E-state index in [0.29, 0.717) is 5.69 Å². The summed E-state index contributed by atoms with van der Waals surface area (Å²) >= 11 is 0. The number of anilines is 1. The van der Waals surface area contributed by atoms with E-state index >= 15 is 0 Å². The number of hydrogen-bond acceptors (Lipinski definition) is 3. The first kappa shape index (κ1) is 12.8. The Bertz CT molecular complexity index is 365. The molecule has 1 aromatic rings. The predicted molar refractivity (Wildman–Crippen MR) is 65.0 cm³/mol. The molecule has 0 saturated carbocycles. The van der Waals surface area contributed by atoms with Gasteiger partial charge in [-0.15, -0.1) is 12.4 Å². The molecule has 3 N–H and O–H groups in total. The molecule has 2 rings (SSSR count). The lowest BCUT2D eigenvalue weighted by molar-refractivity contribution is -0.117. The van der Waals surface area contributed by atoms with Crippen LogP contribution in [0, 0.1) is 0 Å². The van der Waals surface area contributed by atoms with Gasteiger partial charge in [0.1, 0.15) is 5.75 Å². The number of carbonyl (C=O) groups excluding carboxylic acids is 1. The van der Waals surface area contributed by atoms with Gasteiger partial charge in [-0.05, 0) is 31.5 Å². The first-order valence-corrected chi connectivity index (χ1v) is 5.09. The van der Waals surface area contributed by atoms with Crippen molar-refractivity contribution in [2.45, 2.75) is 18.9 Å². The largest absolute Gasteiger partial charge is 0.508 e. The molecule has 0 radical (unpaired) electrons. The fraction of sp³-hybridized carbons (Fsp3) is 0.364. The van der Waals surface area contributed by atoms with E-state index in [0.717, 1.165) is 19.4 Å². The van der Waals surface area contributed by atoms with E-state index in [1.165, 1.54) is 6.07 Å². The Morgan fingerprint density at radius 2 is 2.31 bits per heavy atom. The van der Waals surface area contributed by atoms with Crippen LogP contribution in [0.4, 0.5) is 5.69 Å². The molecule has 5 heteroatoms. The van der Waals surface area contributed by atoms with Crippen molar-refractivity contribution in [2.24, 2.45) is 0 Å². The molecule has 88 valence electrons. The minimum Gasteiger partial charge on any atom is -0.508 e. The molecule has 1 fully saturated rings. The normalized spacial score (nSPS) is 18.9. The quantitative estimate of drug-likeness (QED) is 0.737. The van der Waals surface area contributed by atoms with Crippen LogP contribution in [0.3, 0.4) is 0 Å². The van der Waals surface area contributed by atoms with Crippen molar-refractivity contribution in [3.05, 3.63) is 24.3 Å². The molecule has 1 saturated heterocycles. The fourth-order valence-corrected chi connectivity index (χ4v) is 1.72. The number of rotatable bonds is 2. The van der Waals surface area contributed by atoms with Crippen LogP contribution in [0.1, 0.15) is 12.8 Å². The molecule has 0 spiro atoms. The van der Waals surface area contributed by atoms with E-state index in [2.05, 4.69) is 10.6 Å². The third-order valence-electron chi connectivity index (χ3n) is 2.49. The lowest BCUT2D eigenvalue weighted by Gasteiger charge is -2.10. The number of benzene rings is 1. The van der Waals surface area contributed by atoms with Gasteiger partial charge in [0, 0.05) is 11.8 Å². The zero-order valence-electron chi connectivity index (χ0n) is 8.77. The van der Waals surface area contributed by atoms with E-state index in [1.807, 2.05) is 0 Å². The summed E-state index contributed by atoms with van der Waals surface area (Å²) in [5.41, 5.74) is 0.633. The highest BCUT2D eigenvalue weighted by atomic mass is 35.5. The third kappa shape index (κ3) is 3.12. The second-order valence-electron chi connectivity index (χ2n) is 3.69. The van der Waals surface area contributed by atoms with Crippen LogP contribution in [0.2, 0.25) is 0 Å². The van der Waals surface area contributed by atoms with E-state index in [-0.39, 0.29) is 30.1 Å². The lowest BCUT2D eigenvalue weighted by Crippen LogP contribution is -2.35. The number of amides is 1. The van der Waals surface area contributed by atoms with E-state index < -0.39 is 0 Å². The van der Waals surface area contributed by atoms with Gasteiger partial charge in [0.25, 0.3) is 0 Å². The summed E-state index contributed by atoms with van der Waals surface area (Å²) in [7, 11) is 0.